The topological polar surface area (TPSA) is 80.0 Å². The van der Waals surface area contributed by atoms with Crippen molar-refractivity contribution < 1.29 is 23.8 Å². The second-order valence-corrected chi connectivity index (χ2v) is 7.21. The Bertz CT molecular complexity index is 882. The number of benzene rings is 1. The van der Waals surface area contributed by atoms with Crippen LogP contribution in [0.4, 0.5) is 0 Å². The van der Waals surface area contributed by atoms with Gasteiger partial charge in [-0.15, -0.1) is 0 Å². The van der Waals surface area contributed by atoms with Crippen molar-refractivity contribution in [3.05, 3.63) is 65.3 Å². The maximum atomic E-state index is 12.8. The lowest BCUT2D eigenvalue weighted by Crippen LogP contribution is -2.30. The van der Waals surface area contributed by atoms with Crippen LogP contribution >= 0.6 is 0 Å². The predicted octanol–water partition coefficient (Wildman–Crippen LogP) is 4.19. The summed E-state index contributed by atoms with van der Waals surface area (Å²) in [4.78, 5) is 27.1. The Morgan fingerprint density at radius 3 is 2.71 bits per heavy atom. The van der Waals surface area contributed by atoms with E-state index in [0.29, 0.717) is 18.1 Å². The molecular formula is C22H25NO5. The molecule has 1 aliphatic heterocycles. The highest BCUT2D eigenvalue weighted by Crippen LogP contribution is 2.39. The first-order chi connectivity index (χ1) is 13.4. The van der Waals surface area contributed by atoms with Crippen molar-refractivity contribution in [2.45, 2.75) is 39.8 Å². The fourth-order valence-electron chi connectivity index (χ4n) is 3.42. The summed E-state index contributed by atoms with van der Waals surface area (Å²) in [5, 5.41) is 10.5. The van der Waals surface area contributed by atoms with E-state index in [1.54, 1.807) is 12.1 Å². The highest BCUT2D eigenvalue weighted by atomic mass is 16.5. The molecular weight excluding hydrogens is 358 g/mol. The molecule has 1 amide bonds. The van der Waals surface area contributed by atoms with Gasteiger partial charge in [0.2, 0.25) is 0 Å². The van der Waals surface area contributed by atoms with E-state index in [9.17, 15) is 14.7 Å². The van der Waals surface area contributed by atoms with Gasteiger partial charge >= 0.3 is 0 Å². The number of ketones is 1. The first-order valence-corrected chi connectivity index (χ1v) is 9.44. The summed E-state index contributed by atoms with van der Waals surface area (Å²) in [6.45, 7) is 6.50. The Balaban J connectivity index is 1.95. The first kappa shape index (κ1) is 19.7. The number of aliphatic hydroxyl groups is 1. The number of nitrogens with zero attached hydrogens (tertiary/aromatic N) is 1. The molecule has 0 saturated carbocycles. The molecule has 0 radical (unpaired) electrons. The number of aliphatic hydroxyl groups excluding tert-OH is 1. The summed E-state index contributed by atoms with van der Waals surface area (Å²) in [6, 6.07) is 10.1. The minimum atomic E-state index is -0.746. The number of furan rings is 1. The fourth-order valence-corrected chi connectivity index (χ4v) is 3.42. The van der Waals surface area contributed by atoms with E-state index in [1.165, 1.54) is 11.2 Å². The number of hydrogen-bond acceptors (Lipinski definition) is 5. The van der Waals surface area contributed by atoms with E-state index < -0.39 is 17.7 Å². The zero-order valence-corrected chi connectivity index (χ0v) is 16.3. The van der Waals surface area contributed by atoms with Crippen LogP contribution in [-0.2, 0) is 16.1 Å². The molecule has 0 aliphatic carbocycles. The second kappa shape index (κ2) is 8.33. The van der Waals surface area contributed by atoms with Crippen molar-refractivity contribution in [3.8, 4) is 5.75 Å². The normalized spacial score (nSPS) is 16.9. The fraction of sp³-hybridized carbons (Fsp3) is 0.364. The van der Waals surface area contributed by atoms with Crippen molar-refractivity contribution >= 4 is 11.7 Å². The number of amides is 1. The summed E-state index contributed by atoms with van der Waals surface area (Å²) in [7, 11) is 0. The van der Waals surface area contributed by atoms with Crippen molar-refractivity contribution in [1.29, 1.82) is 0 Å². The Labute approximate surface area is 164 Å². The lowest BCUT2D eigenvalue weighted by molar-refractivity contribution is -0.130. The van der Waals surface area contributed by atoms with Gasteiger partial charge in [0.1, 0.15) is 17.6 Å². The highest BCUT2D eigenvalue weighted by Gasteiger charge is 2.44. The molecule has 6 heteroatoms. The summed E-state index contributed by atoms with van der Waals surface area (Å²) in [6.07, 6.45) is 1.74. The van der Waals surface area contributed by atoms with Crippen LogP contribution in [0.3, 0.4) is 0 Å². The van der Waals surface area contributed by atoms with E-state index in [-0.39, 0.29) is 30.2 Å². The van der Waals surface area contributed by atoms with Crippen LogP contribution in [0.5, 0.6) is 5.75 Å². The maximum absolute atomic E-state index is 12.8. The van der Waals surface area contributed by atoms with Crippen molar-refractivity contribution in [1.82, 2.24) is 4.90 Å². The van der Waals surface area contributed by atoms with Gasteiger partial charge in [-0.2, -0.15) is 0 Å². The van der Waals surface area contributed by atoms with Crippen LogP contribution in [0, 0.1) is 5.92 Å². The Morgan fingerprint density at radius 1 is 1.29 bits per heavy atom. The van der Waals surface area contributed by atoms with Gasteiger partial charge in [-0.1, -0.05) is 26.0 Å². The molecule has 2 aromatic rings. The SMILES string of the molecule is CCOc1cccc(CN2C(=O)C(O)=C(C(=O)CC(C)C)C2c2ccco2)c1. The number of hydrogen-bond donors (Lipinski definition) is 1. The molecule has 0 bridgehead atoms. The number of carbonyl (C=O) groups is 2. The van der Waals surface area contributed by atoms with Crippen molar-refractivity contribution in [3.63, 3.8) is 0 Å². The van der Waals surface area contributed by atoms with Gasteiger partial charge in [0.05, 0.1) is 18.4 Å². The van der Waals surface area contributed by atoms with Crippen LogP contribution in [0.15, 0.2) is 58.4 Å². The minimum absolute atomic E-state index is 0.106. The largest absolute Gasteiger partial charge is 0.503 e. The van der Waals surface area contributed by atoms with Gasteiger partial charge in [-0.05, 0) is 42.7 Å². The number of Topliss-reactive ketones (excluding diaryl/α,β-unsaturated/α-hetero) is 1. The lowest BCUT2D eigenvalue weighted by Gasteiger charge is -2.25. The lowest BCUT2D eigenvalue weighted by atomic mass is 9.95. The zero-order valence-electron chi connectivity index (χ0n) is 16.3. The molecule has 1 atom stereocenters. The van der Waals surface area contributed by atoms with Gasteiger partial charge in [0.25, 0.3) is 5.91 Å². The standard InChI is InChI=1S/C22H25NO5/c1-4-27-16-8-5-7-15(12-16)13-23-20(18-9-6-10-28-18)19(21(25)22(23)26)17(24)11-14(2)3/h5-10,12,14,20,25H,4,11,13H2,1-3H3. The smallest absolute Gasteiger partial charge is 0.290 e. The van der Waals surface area contributed by atoms with Crippen molar-refractivity contribution in [2.75, 3.05) is 6.61 Å². The van der Waals surface area contributed by atoms with E-state index >= 15 is 0 Å². The Kier molecular flexibility index (Phi) is 5.87. The first-order valence-electron chi connectivity index (χ1n) is 9.44. The monoisotopic (exact) mass is 383 g/mol. The van der Waals surface area contributed by atoms with Gasteiger partial charge in [0, 0.05) is 13.0 Å². The third kappa shape index (κ3) is 3.96. The van der Waals surface area contributed by atoms with E-state index in [0.717, 1.165) is 5.56 Å². The third-order valence-corrected chi connectivity index (χ3v) is 4.57. The second-order valence-electron chi connectivity index (χ2n) is 7.21. The number of rotatable bonds is 8. The molecule has 3 rings (SSSR count). The Hall–Kier alpha value is -3.02. The van der Waals surface area contributed by atoms with Gasteiger partial charge < -0.3 is 19.2 Å². The van der Waals surface area contributed by atoms with Crippen LogP contribution in [0.2, 0.25) is 0 Å². The van der Waals surface area contributed by atoms with Gasteiger partial charge in [-0.3, -0.25) is 9.59 Å². The molecule has 2 heterocycles. The predicted molar refractivity (Wildman–Crippen MR) is 104 cm³/mol. The average Bonchev–Trinajstić information content (AvgIpc) is 3.24. The molecule has 6 nitrogen and oxygen atoms in total. The molecule has 1 aromatic heterocycles. The average molecular weight is 383 g/mol. The molecule has 1 aromatic carbocycles. The maximum Gasteiger partial charge on any atom is 0.290 e. The minimum Gasteiger partial charge on any atom is -0.503 e. The summed E-state index contributed by atoms with van der Waals surface area (Å²) < 4.78 is 11.0. The number of carbonyl (C=O) groups excluding carboxylic acids is 2. The van der Waals surface area contributed by atoms with Gasteiger partial charge in [-0.25, -0.2) is 0 Å². The molecule has 1 aliphatic rings. The summed E-state index contributed by atoms with van der Waals surface area (Å²) in [5.74, 6) is -0.0480. The molecule has 1 unspecified atom stereocenters. The summed E-state index contributed by atoms with van der Waals surface area (Å²) in [5.41, 5.74) is 0.941. The number of ether oxygens (including phenoxy) is 1. The summed E-state index contributed by atoms with van der Waals surface area (Å²) >= 11 is 0. The van der Waals surface area contributed by atoms with Crippen LogP contribution in [-0.4, -0.2) is 28.3 Å². The molecule has 0 fully saturated rings. The molecule has 148 valence electrons. The molecule has 0 spiro atoms. The van der Waals surface area contributed by atoms with E-state index in [2.05, 4.69) is 0 Å². The molecule has 28 heavy (non-hydrogen) atoms. The van der Waals surface area contributed by atoms with Crippen LogP contribution < -0.4 is 4.74 Å². The van der Waals surface area contributed by atoms with Crippen LogP contribution in [0.1, 0.15) is 44.6 Å². The molecule has 1 N–H and O–H groups in total. The van der Waals surface area contributed by atoms with E-state index in [1.807, 2.05) is 45.0 Å². The van der Waals surface area contributed by atoms with E-state index in [4.69, 9.17) is 9.15 Å². The van der Waals surface area contributed by atoms with Gasteiger partial charge in [0.15, 0.2) is 11.5 Å². The zero-order chi connectivity index (χ0) is 20.3. The third-order valence-electron chi connectivity index (χ3n) is 4.57. The van der Waals surface area contributed by atoms with Crippen molar-refractivity contribution in [2.24, 2.45) is 5.92 Å². The Morgan fingerprint density at radius 2 is 2.07 bits per heavy atom. The quantitative estimate of drug-likeness (QED) is 0.739. The molecule has 0 saturated heterocycles. The van der Waals surface area contributed by atoms with Crippen LogP contribution in [0.25, 0.3) is 0 Å². The highest BCUT2D eigenvalue weighted by molar-refractivity contribution is 6.08.